The monoisotopic (exact) mass is 169 g/mol. The fraction of sp³-hybridized carbons (Fsp3) is 1.00. The molecule has 2 N–H and O–H groups in total. The van der Waals surface area contributed by atoms with Gasteiger partial charge in [-0.3, -0.25) is 4.90 Å². The van der Waals surface area contributed by atoms with Gasteiger partial charge in [0.2, 0.25) is 0 Å². The molecule has 0 aliphatic carbocycles. The molecule has 0 amide bonds. The Morgan fingerprint density at radius 3 is 2.58 bits per heavy atom. The van der Waals surface area contributed by atoms with Crippen molar-refractivity contribution in [2.45, 2.75) is 12.8 Å². The summed E-state index contributed by atoms with van der Waals surface area (Å²) in [6.07, 6.45) is 2.76. The molecule has 0 unspecified atom stereocenters. The second-order valence-electron chi connectivity index (χ2n) is 4.25. The third kappa shape index (κ3) is 1.49. The van der Waals surface area contributed by atoms with Crippen molar-refractivity contribution >= 4 is 0 Å². The molecule has 0 bridgehead atoms. The zero-order valence-corrected chi connectivity index (χ0v) is 7.90. The van der Waals surface area contributed by atoms with Crippen molar-refractivity contribution in [1.82, 2.24) is 15.5 Å². The van der Waals surface area contributed by atoms with Crippen LogP contribution in [0.4, 0.5) is 0 Å². The van der Waals surface area contributed by atoms with Gasteiger partial charge in [0.25, 0.3) is 0 Å². The van der Waals surface area contributed by atoms with Crippen molar-refractivity contribution in [2.75, 3.05) is 39.9 Å². The summed E-state index contributed by atoms with van der Waals surface area (Å²) in [5.74, 6) is 0. The lowest BCUT2D eigenvalue weighted by Crippen LogP contribution is -2.61. The quantitative estimate of drug-likeness (QED) is 0.602. The molecule has 0 aromatic rings. The molecule has 1 spiro atoms. The van der Waals surface area contributed by atoms with Gasteiger partial charge in [-0.15, -0.1) is 0 Å². The molecule has 3 nitrogen and oxygen atoms in total. The predicted octanol–water partition coefficient (Wildman–Crippen LogP) is -0.151. The highest BCUT2D eigenvalue weighted by molar-refractivity contribution is 4.96. The van der Waals surface area contributed by atoms with E-state index in [1.165, 1.54) is 39.0 Å². The maximum Gasteiger partial charge on any atom is 0.0478 e. The standard InChI is InChI=1S/C9H19N3/c1-10-8-12-6-9(7-12)2-4-11-5-3-9/h10-11H,2-8H2,1H3. The van der Waals surface area contributed by atoms with Gasteiger partial charge in [-0.1, -0.05) is 0 Å². The molecular weight excluding hydrogens is 150 g/mol. The van der Waals surface area contributed by atoms with Crippen LogP contribution < -0.4 is 10.6 Å². The summed E-state index contributed by atoms with van der Waals surface area (Å²) in [6.45, 7) is 6.15. The van der Waals surface area contributed by atoms with Gasteiger partial charge in [-0.05, 0) is 38.4 Å². The zero-order chi connectivity index (χ0) is 8.44. The molecule has 2 rings (SSSR count). The van der Waals surface area contributed by atoms with Gasteiger partial charge in [-0.2, -0.15) is 0 Å². The molecule has 2 aliphatic heterocycles. The SMILES string of the molecule is CNCN1CC2(CCNCC2)C1. The maximum atomic E-state index is 3.42. The molecule has 0 aromatic heterocycles. The number of nitrogens with one attached hydrogen (secondary N) is 2. The van der Waals surface area contributed by atoms with Crippen molar-refractivity contribution in [3.8, 4) is 0 Å². The van der Waals surface area contributed by atoms with Gasteiger partial charge in [0, 0.05) is 19.8 Å². The Hall–Kier alpha value is -0.120. The summed E-state index contributed by atoms with van der Waals surface area (Å²) in [5.41, 5.74) is 0.697. The van der Waals surface area contributed by atoms with Gasteiger partial charge in [0.15, 0.2) is 0 Å². The third-order valence-corrected chi connectivity index (χ3v) is 3.16. The van der Waals surface area contributed by atoms with E-state index in [1.54, 1.807) is 0 Å². The molecule has 0 saturated carbocycles. The molecule has 2 heterocycles. The Bertz CT molecular complexity index is 144. The smallest absolute Gasteiger partial charge is 0.0478 e. The van der Waals surface area contributed by atoms with E-state index in [0.717, 1.165) is 6.67 Å². The Balaban J connectivity index is 1.77. The van der Waals surface area contributed by atoms with Crippen LogP contribution in [0.3, 0.4) is 0 Å². The van der Waals surface area contributed by atoms with Gasteiger partial charge < -0.3 is 10.6 Å². The van der Waals surface area contributed by atoms with E-state index in [9.17, 15) is 0 Å². The first kappa shape index (κ1) is 8.48. The summed E-state index contributed by atoms with van der Waals surface area (Å²) >= 11 is 0. The first-order valence-electron chi connectivity index (χ1n) is 4.92. The number of likely N-dealkylation sites (tertiary alicyclic amines) is 1. The van der Waals surface area contributed by atoms with E-state index in [2.05, 4.69) is 15.5 Å². The van der Waals surface area contributed by atoms with Crippen LogP contribution in [0.5, 0.6) is 0 Å². The average Bonchev–Trinajstić information content (AvgIpc) is 2.04. The molecule has 12 heavy (non-hydrogen) atoms. The average molecular weight is 169 g/mol. The van der Waals surface area contributed by atoms with E-state index in [4.69, 9.17) is 0 Å². The first-order chi connectivity index (χ1) is 5.85. The Labute approximate surface area is 74.5 Å². The number of piperidine rings is 1. The lowest BCUT2D eigenvalue weighted by Gasteiger charge is -2.52. The number of nitrogens with zero attached hydrogens (tertiary/aromatic N) is 1. The molecule has 0 aromatic carbocycles. The predicted molar refractivity (Wildman–Crippen MR) is 50.0 cm³/mol. The van der Waals surface area contributed by atoms with Gasteiger partial charge in [-0.25, -0.2) is 0 Å². The largest absolute Gasteiger partial charge is 0.317 e. The van der Waals surface area contributed by atoms with Crippen LogP contribution in [0.15, 0.2) is 0 Å². The maximum absolute atomic E-state index is 3.42. The van der Waals surface area contributed by atoms with Gasteiger partial charge >= 0.3 is 0 Å². The Kier molecular flexibility index (Phi) is 2.35. The fourth-order valence-electron chi connectivity index (χ4n) is 2.51. The minimum atomic E-state index is 0.697. The van der Waals surface area contributed by atoms with E-state index in [0.29, 0.717) is 5.41 Å². The van der Waals surface area contributed by atoms with E-state index < -0.39 is 0 Å². The fourth-order valence-corrected chi connectivity index (χ4v) is 2.51. The van der Waals surface area contributed by atoms with Crippen molar-refractivity contribution in [2.24, 2.45) is 5.41 Å². The lowest BCUT2D eigenvalue weighted by atomic mass is 9.73. The summed E-state index contributed by atoms with van der Waals surface area (Å²) in [6, 6.07) is 0. The van der Waals surface area contributed by atoms with Crippen LogP contribution in [-0.4, -0.2) is 44.8 Å². The Morgan fingerprint density at radius 2 is 2.00 bits per heavy atom. The summed E-state index contributed by atoms with van der Waals surface area (Å²) < 4.78 is 0. The second-order valence-corrected chi connectivity index (χ2v) is 4.25. The highest BCUT2D eigenvalue weighted by Gasteiger charge is 2.42. The normalized spacial score (nSPS) is 28.8. The van der Waals surface area contributed by atoms with Crippen molar-refractivity contribution in [1.29, 1.82) is 0 Å². The molecule has 2 saturated heterocycles. The van der Waals surface area contributed by atoms with Gasteiger partial charge in [0.05, 0.1) is 0 Å². The molecule has 3 heteroatoms. The van der Waals surface area contributed by atoms with Crippen LogP contribution in [0.1, 0.15) is 12.8 Å². The number of hydrogen-bond acceptors (Lipinski definition) is 3. The van der Waals surface area contributed by atoms with Crippen LogP contribution in [-0.2, 0) is 0 Å². The number of hydrogen-bond donors (Lipinski definition) is 2. The minimum absolute atomic E-state index is 0.697. The molecular formula is C9H19N3. The highest BCUT2D eigenvalue weighted by Crippen LogP contribution is 2.37. The molecule has 70 valence electrons. The van der Waals surface area contributed by atoms with Crippen molar-refractivity contribution in [3.05, 3.63) is 0 Å². The zero-order valence-electron chi connectivity index (χ0n) is 7.90. The van der Waals surface area contributed by atoms with Crippen LogP contribution >= 0.6 is 0 Å². The summed E-state index contributed by atoms with van der Waals surface area (Å²) in [7, 11) is 2.02. The van der Waals surface area contributed by atoms with Crippen LogP contribution in [0.2, 0.25) is 0 Å². The second kappa shape index (κ2) is 3.32. The number of rotatable bonds is 2. The van der Waals surface area contributed by atoms with E-state index >= 15 is 0 Å². The lowest BCUT2D eigenvalue weighted by molar-refractivity contribution is -0.0259. The highest BCUT2D eigenvalue weighted by atomic mass is 15.3. The van der Waals surface area contributed by atoms with Crippen molar-refractivity contribution < 1.29 is 0 Å². The van der Waals surface area contributed by atoms with Crippen LogP contribution in [0, 0.1) is 5.41 Å². The van der Waals surface area contributed by atoms with Gasteiger partial charge in [0.1, 0.15) is 0 Å². The van der Waals surface area contributed by atoms with E-state index in [1.807, 2.05) is 7.05 Å². The summed E-state index contributed by atoms with van der Waals surface area (Å²) in [5, 5.41) is 6.62. The third-order valence-electron chi connectivity index (χ3n) is 3.16. The molecule has 2 fully saturated rings. The molecule has 2 aliphatic rings. The summed E-state index contributed by atoms with van der Waals surface area (Å²) in [4.78, 5) is 2.49. The molecule has 0 atom stereocenters. The topological polar surface area (TPSA) is 27.3 Å². The molecule has 0 radical (unpaired) electrons. The van der Waals surface area contributed by atoms with Crippen LogP contribution in [0.25, 0.3) is 0 Å². The minimum Gasteiger partial charge on any atom is -0.317 e. The van der Waals surface area contributed by atoms with Crippen molar-refractivity contribution in [3.63, 3.8) is 0 Å². The Morgan fingerprint density at radius 1 is 1.33 bits per heavy atom. The van der Waals surface area contributed by atoms with E-state index in [-0.39, 0.29) is 0 Å². The first-order valence-corrected chi connectivity index (χ1v) is 4.92.